The van der Waals surface area contributed by atoms with Crippen LogP contribution in [0.4, 0.5) is 0 Å². The minimum Gasteiger partial charge on any atom is -0.493 e. The van der Waals surface area contributed by atoms with Crippen molar-refractivity contribution in [3.05, 3.63) is 30.0 Å². The molecular formula is C20H28N2O3. The molecule has 2 atom stereocenters. The molecular weight excluding hydrogens is 316 g/mol. The van der Waals surface area contributed by atoms with Gasteiger partial charge in [-0.2, -0.15) is 0 Å². The number of carbonyl (C=O) groups is 1. The summed E-state index contributed by atoms with van der Waals surface area (Å²) in [5.41, 5.74) is 0.728. The van der Waals surface area contributed by atoms with E-state index in [4.69, 9.17) is 9.15 Å². The number of hydrogen-bond donors (Lipinski definition) is 1. The summed E-state index contributed by atoms with van der Waals surface area (Å²) in [6.07, 6.45) is 4.31. The van der Waals surface area contributed by atoms with Gasteiger partial charge >= 0.3 is 0 Å². The predicted molar refractivity (Wildman–Crippen MR) is 98.8 cm³/mol. The molecule has 2 heterocycles. The molecule has 136 valence electrons. The first kappa shape index (κ1) is 17.8. The van der Waals surface area contributed by atoms with Crippen molar-refractivity contribution in [3.63, 3.8) is 0 Å². The Morgan fingerprint density at radius 3 is 3.04 bits per heavy atom. The maximum Gasteiger partial charge on any atom is 0.237 e. The molecule has 1 fully saturated rings. The zero-order chi connectivity index (χ0) is 17.8. The van der Waals surface area contributed by atoms with Crippen LogP contribution in [-0.4, -0.2) is 37.0 Å². The predicted octanol–water partition coefficient (Wildman–Crippen LogP) is 3.88. The average Bonchev–Trinajstić information content (AvgIpc) is 3.06. The SMILES string of the molecule is CCCN1CCCCC1C(=O)NC(C)c1cc2cccc(OC)c2o1. The smallest absolute Gasteiger partial charge is 0.237 e. The largest absolute Gasteiger partial charge is 0.493 e. The van der Waals surface area contributed by atoms with Gasteiger partial charge < -0.3 is 14.5 Å². The van der Waals surface area contributed by atoms with Crippen molar-refractivity contribution in [2.24, 2.45) is 0 Å². The number of para-hydroxylation sites is 1. The van der Waals surface area contributed by atoms with Crippen LogP contribution >= 0.6 is 0 Å². The average molecular weight is 344 g/mol. The number of methoxy groups -OCH3 is 1. The Bertz CT molecular complexity index is 723. The number of benzene rings is 1. The summed E-state index contributed by atoms with van der Waals surface area (Å²) in [7, 11) is 1.63. The lowest BCUT2D eigenvalue weighted by Gasteiger charge is -2.34. The summed E-state index contributed by atoms with van der Waals surface area (Å²) in [6, 6.07) is 7.60. The van der Waals surface area contributed by atoms with Crippen molar-refractivity contribution in [2.75, 3.05) is 20.2 Å². The molecule has 1 aromatic carbocycles. The third-order valence-corrected chi connectivity index (χ3v) is 4.96. The highest BCUT2D eigenvalue weighted by Gasteiger charge is 2.29. The quantitative estimate of drug-likeness (QED) is 0.864. The van der Waals surface area contributed by atoms with Gasteiger partial charge in [0, 0.05) is 5.39 Å². The van der Waals surface area contributed by atoms with Crippen LogP contribution in [0.25, 0.3) is 11.0 Å². The van der Waals surface area contributed by atoms with Gasteiger partial charge in [0.15, 0.2) is 11.3 Å². The fourth-order valence-electron chi connectivity index (χ4n) is 3.65. The first-order valence-electron chi connectivity index (χ1n) is 9.25. The van der Waals surface area contributed by atoms with Gasteiger partial charge in [-0.25, -0.2) is 0 Å². The molecule has 1 aliphatic heterocycles. The van der Waals surface area contributed by atoms with E-state index in [1.807, 2.05) is 31.2 Å². The van der Waals surface area contributed by atoms with Gasteiger partial charge in [-0.15, -0.1) is 0 Å². The number of rotatable bonds is 6. The van der Waals surface area contributed by atoms with Gasteiger partial charge in [0.05, 0.1) is 19.2 Å². The fraction of sp³-hybridized carbons (Fsp3) is 0.550. The summed E-state index contributed by atoms with van der Waals surface area (Å²) >= 11 is 0. The van der Waals surface area contributed by atoms with Crippen LogP contribution in [0.5, 0.6) is 5.75 Å². The minimum atomic E-state index is -0.171. The molecule has 1 saturated heterocycles. The van der Waals surface area contributed by atoms with E-state index < -0.39 is 0 Å². The van der Waals surface area contributed by atoms with E-state index in [-0.39, 0.29) is 18.0 Å². The molecule has 1 aromatic heterocycles. The maximum atomic E-state index is 12.8. The van der Waals surface area contributed by atoms with E-state index in [1.165, 1.54) is 6.42 Å². The standard InChI is InChI=1S/C20H28N2O3/c1-4-11-22-12-6-5-9-16(22)20(23)21-14(2)18-13-15-8-7-10-17(24-3)19(15)25-18/h7-8,10,13-14,16H,4-6,9,11-12H2,1-3H3,(H,21,23). The van der Waals surface area contributed by atoms with E-state index in [1.54, 1.807) is 7.11 Å². The highest BCUT2D eigenvalue weighted by atomic mass is 16.5. The van der Waals surface area contributed by atoms with Crippen LogP contribution in [0.2, 0.25) is 0 Å². The number of likely N-dealkylation sites (tertiary alicyclic amines) is 1. The van der Waals surface area contributed by atoms with Gasteiger partial charge in [0.25, 0.3) is 0 Å². The third-order valence-electron chi connectivity index (χ3n) is 4.96. The number of nitrogens with zero attached hydrogens (tertiary/aromatic N) is 1. The summed E-state index contributed by atoms with van der Waals surface area (Å²) in [4.78, 5) is 15.1. The molecule has 25 heavy (non-hydrogen) atoms. The third kappa shape index (κ3) is 3.82. The Labute approximate surface area is 149 Å². The number of ether oxygens (including phenoxy) is 1. The second-order valence-corrected chi connectivity index (χ2v) is 6.81. The molecule has 0 bridgehead atoms. The number of piperidine rings is 1. The summed E-state index contributed by atoms with van der Waals surface area (Å²) in [5.74, 6) is 1.57. The van der Waals surface area contributed by atoms with Gasteiger partial charge in [-0.1, -0.05) is 25.5 Å². The Morgan fingerprint density at radius 2 is 2.28 bits per heavy atom. The number of fused-ring (bicyclic) bond motifs is 1. The van der Waals surface area contributed by atoms with Crippen LogP contribution in [0.3, 0.4) is 0 Å². The molecule has 3 rings (SSSR count). The summed E-state index contributed by atoms with van der Waals surface area (Å²) < 4.78 is 11.3. The Morgan fingerprint density at radius 1 is 1.44 bits per heavy atom. The first-order chi connectivity index (χ1) is 12.1. The molecule has 0 aliphatic carbocycles. The number of carbonyl (C=O) groups excluding carboxylic acids is 1. The van der Waals surface area contributed by atoms with E-state index >= 15 is 0 Å². The van der Waals surface area contributed by atoms with E-state index in [9.17, 15) is 4.79 Å². The monoisotopic (exact) mass is 344 g/mol. The Balaban J connectivity index is 1.72. The van der Waals surface area contributed by atoms with E-state index in [0.717, 1.165) is 49.1 Å². The molecule has 0 radical (unpaired) electrons. The Kier molecular flexibility index (Phi) is 5.63. The molecule has 1 amide bonds. The molecule has 1 N–H and O–H groups in total. The van der Waals surface area contributed by atoms with E-state index in [2.05, 4.69) is 17.1 Å². The zero-order valence-electron chi connectivity index (χ0n) is 15.4. The molecule has 2 unspecified atom stereocenters. The van der Waals surface area contributed by atoms with Gasteiger partial charge in [-0.3, -0.25) is 9.69 Å². The highest BCUT2D eigenvalue weighted by Crippen LogP contribution is 2.31. The van der Waals surface area contributed by atoms with Gasteiger partial charge in [-0.05, 0) is 51.4 Å². The van der Waals surface area contributed by atoms with Crippen molar-refractivity contribution >= 4 is 16.9 Å². The zero-order valence-corrected chi connectivity index (χ0v) is 15.4. The maximum absolute atomic E-state index is 12.8. The topological polar surface area (TPSA) is 54.7 Å². The summed E-state index contributed by atoms with van der Waals surface area (Å²) in [6.45, 7) is 6.12. The van der Waals surface area contributed by atoms with Crippen LogP contribution in [0.15, 0.2) is 28.7 Å². The van der Waals surface area contributed by atoms with Crippen LogP contribution < -0.4 is 10.1 Å². The van der Waals surface area contributed by atoms with Crippen molar-refractivity contribution in [3.8, 4) is 5.75 Å². The van der Waals surface area contributed by atoms with Crippen LogP contribution in [0.1, 0.15) is 51.3 Å². The number of hydrogen-bond acceptors (Lipinski definition) is 4. The second kappa shape index (κ2) is 7.91. The van der Waals surface area contributed by atoms with Gasteiger partial charge in [0.1, 0.15) is 5.76 Å². The highest BCUT2D eigenvalue weighted by molar-refractivity contribution is 5.85. The number of nitrogens with one attached hydrogen (secondary N) is 1. The lowest BCUT2D eigenvalue weighted by Crippen LogP contribution is -2.50. The molecule has 0 spiro atoms. The van der Waals surface area contributed by atoms with Crippen molar-refractivity contribution in [1.29, 1.82) is 0 Å². The van der Waals surface area contributed by atoms with Crippen LogP contribution in [-0.2, 0) is 4.79 Å². The molecule has 0 saturated carbocycles. The van der Waals surface area contributed by atoms with Crippen molar-refractivity contribution in [1.82, 2.24) is 10.2 Å². The summed E-state index contributed by atoms with van der Waals surface area (Å²) in [5, 5.41) is 4.12. The Hall–Kier alpha value is -2.01. The molecule has 5 heteroatoms. The van der Waals surface area contributed by atoms with Crippen molar-refractivity contribution < 1.29 is 13.9 Å². The van der Waals surface area contributed by atoms with Gasteiger partial charge in [0.2, 0.25) is 5.91 Å². The molecule has 2 aromatic rings. The number of amides is 1. The fourth-order valence-corrected chi connectivity index (χ4v) is 3.65. The lowest BCUT2D eigenvalue weighted by atomic mass is 10.0. The van der Waals surface area contributed by atoms with Crippen molar-refractivity contribution in [2.45, 2.75) is 51.6 Å². The first-order valence-corrected chi connectivity index (χ1v) is 9.25. The van der Waals surface area contributed by atoms with Crippen LogP contribution in [0, 0.1) is 0 Å². The molecule has 1 aliphatic rings. The minimum absolute atomic E-state index is 0.0185. The lowest BCUT2D eigenvalue weighted by molar-refractivity contribution is -0.128. The number of furan rings is 1. The molecule has 5 nitrogen and oxygen atoms in total. The second-order valence-electron chi connectivity index (χ2n) is 6.81. The normalized spacial score (nSPS) is 19.7. The van der Waals surface area contributed by atoms with E-state index in [0.29, 0.717) is 5.75 Å².